The maximum absolute atomic E-state index is 11.6. The van der Waals surface area contributed by atoms with Crippen LogP contribution in [0, 0.1) is 0 Å². The highest BCUT2D eigenvalue weighted by atomic mass is 32.1. The molecular weight excluding hydrogens is 226 g/mol. The summed E-state index contributed by atoms with van der Waals surface area (Å²) in [7, 11) is 1.80. The Labute approximate surface area is 99.1 Å². The Morgan fingerprint density at radius 2 is 2.38 bits per heavy atom. The molecular formula is C10H17N3O2S. The normalized spacial score (nSPS) is 11.8. The Bertz CT molecular complexity index is 338. The minimum atomic E-state index is -0.403. The predicted octanol–water partition coefficient (Wildman–Crippen LogP) is 0.784. The second kappa shape index (κ2) is 5.38. The first-order valence-corrected chi connectivity index (χ1v) is 5.85. The van der Waals surface area contributed by atoms with Crippen LogP contribution in [0.25, 0.3) is 0 Å². The van der Waals surface area contributed by atoms with Crippen molar-refractivity contribution in [3.05, 3.63) is 11.6 Å². The number of carbonyl (C=O) groups excluding carboxylic acids is 1. The summed E-state index contributed by atoms with van der Waals surface area (Å²) in [5.41, 5.74) is -0.403. The molecule has 0 saturated carbocycles. The third-order valence-electron chi connectivity index (χ3n) is 2.48. The van der Waals surface area contributed by atoms with E-state index in [1.807, 2.05) is 13.8 Å². The van der Waals surface area contributed by atoms with E-state index in [2.05, 4.69) is 10.3 Å². The van der Waals surface area contributed by atoms with E-state index in [1.54, 1.807) is 23.5 Å². The van der Waals surface area contributed by atoms with E-state index in [-0.39, 0.29) is 19.1 Å². The van der Waals surface area contributed by atoms with E-state index in [0.29, 0.717) is 5.13 Å². The number of aliphatic hydroxyl groups is 1. The molecule has 0 saturated heterocycles. The van der Waals surface area contributed by atoms with Crippen LogP contribution >= 0.6 is 11.3 Å². The lowest BCUT2D eigenvalue weighted by atomic mass is 10.1. The summed E-state index contributed by atoms with van der Waals surface area (Å²) in [6.45, 7) is 3.99. The average Bonchev–Trinajstić information content (AvgIpc) is 2.70. The summed E-state index contributed by atoms with van der Waals surface area (Å²) >= 11 is 1.38. The highest BCUT2D eigenvalue weighted by molar-refractivity contribution is 7.13. The number of likely N-dealkylation sites (N-methyl/N-ethyl adjacent to an activating group) is 1. The number of anilines is 1. The SMILES string of the molecule is CN(CC(=O)Nc1nccs1)C(C)(C)CO. The smallest absolute Gasteiger partial charge is 0.240 e. The van der Waals surface area contributed by atoms with E-state index in [0.717, 1.165) is 0 Å². The second-order valence-electron chi connectivity index (χ2n) is 4.21. The van der Waals surface area contributed by atoms with Crippen molar-refractivity contribution < 1.29 is 9.90 Å². The van der Waals surface area contributed by atoms with Gasteiger partial charge < -0.3 is 10.4 Å². The molecule has 0 fully saturated rings. The molecule has 0 bridgehead atoms. The largest absolute Gasteiger partial charge is 0.394 e. The number of carbonyl (C=O) groups is 1. The Hall–Kier alpha value is -0.980. The van der Waals surface area contributed by atoms with Gasteiger partial charge in [-0.15, -0.1) is 11.3 Å². The number of thiazole rings is 1. The van der Waals surface area contributed by atoms with Gasteiger partial charge in [-0.1, -0.05) is 0 Å². The lowest BCUT2D eigenvalue weighted by Crippen LogP contribution is -2.47. The Morgan fingerprint density at radius 1 is 1.69 bits per heavy atom. The number of nitrogens with zero attached hydrogens (tertiary/aromatic N) is 2. The van der Waals surface area contributed by atoms with Crippen molar-refractivity contribution in [1.29, 1.82) is 0 Å². The predicted molar refractivity (Wildman–Crippen MR) is 64.5 cm³/mol. The zero-order chi connectivity index (χ0) is 12.2. The number of hydrogen-bond acceptors (Lipinski definition) is 5. The molecule has 1 aromatic heterocycles. The van der Waals surface area contributed by atoms with Gasteiger partial charge in [0.2, 0.25) is 5.91 Å². The molecule has 2 N–H and O–H groups in total. The standard InChI is InChI=1S/C10H17N3O2S/c1-10(2,7-14)13(3)6-8(15)12-9-11-4-5-16-9/h4-5,14H,6-7H2,1-3H3,(H,11,12,15). The molecule has 0 aliphatic heterocycles. The lowest BCUT2D eigenvalue weighted by Gasteiger charge is -2.33. The van der Waals surface area contributed by atoms with Gasteiger partial charge in [-0.05, 0) is 20.9 Å². The first kappa shape index (κ1) is 13.1. The van der Waals surface area contributed by atoms with E-state index >= 15 is 0 Å². The number of aliphatic hydroxyl groups excluding tert-OH is 1. The molecule has 0 unspecified atom stereocenters. The number of amides is 1. The van der Waals surface area contributed by atoms with Crippen LogP contribution < -0.4 is 5.32 Å². The van der Waals surface area contributed by atoms with Crippen LogP contribution in [-0.2, 0) is 4.79 Å². The Kier molecular flexibility index (Phi) is 4.40. The van der Waals surface area contributed by atoms with Crippen molar-refractivity contribution in [3.63, 3.8) is 0 Å². The summed E-state index contributed by atoms with van der Waals surface area (Å²) < 4.78 is 0. The highest BCUT2D eigenvalue weighted by Gasteiger charge is 2.24. The number of nitrogens with one attached hydrogen (secondary N) is 1. The second-order valence-corrected chi connectivity index (χ2v) is 5.11. The molecule has 5 nitrogen and oxygen atoms in total. The van der Waals surface area contributed by atoms with Crippen molar-refractivity contribution in [3.8, 4) is 0 Å². The van der Waals surface area contributed by atoms with Crippen molar-refractivity contribution >= 4 is 22.4 Å². The van der Waals surface area contributed by atoms with Gasteiger partial charge in [-0.2, -0.15) is 0 Å². The van der Waals surface area contributed by atoms with Gasteiger partial charge in [0.05, 0.1) is 13.2 Å². The maximum Gasteiger partial charge on any atom is 0.240 e. The van der Waals surface area contributed by atoms with Gasteiger partial charge in [0.1, 0.15) is 0 Å². The lowest BCUT2D eigenvalue weighted by molar-refractivity contribution is -0.118. The fourth-order valence-electron chi connectivity index (χ4n) is 0.994. The van der Waals surface area contributed by atoms with E-state index < -0.39 is 5.54 Å². The fraction of sp³-hybridized carbons (Fsp3) is 0.600. The molecule has 0 aromatic carbocycles. The van der Waals surface area contributed by atoms with E-state index in [9.17, 15) is 4.79 Å². The van der Waals surface area contributed by atoms with Gasteiger partial charge in [0.25, 0.3) is 0 Å². The van der Waals surface area contributed by atoms with Crippen LogP contribution in [0.3, 0.4) is 0 Å². The highest BCUT2D eigenvalue weighted by Crippen LogP contribution is 2.12. The van der Waals surface area contributed by atoms with Gasteiger partial charge >= 0.3 is 0 Å². The van der Waals surface area contributed by atoms with Crippen molar-refractivity contribution in [2.24, 2.45) is 0 Å². The summed E-state index contributed by atoms with van der Waals surface area (Å²) in [5.74, 6) is -0.126. The quantitative estimate of drug-likeness (QED) is 0.802. The zero-order valence-electron chi connectivity index (χ0n) is 9.73. The minimum Gasteiger partial charge on any atom is -0.394 e. The monoisotopic (exact) mass is 243 g/mol. The molecule has 0 aliphatic rings. The molecule has 0 atom stereocenters. The third kappa shape index (κ3) is 3.55. The molecule has 1 amide bonds. The Balaban J connectivity index is 2.46. The molecule has 1 aromatic rings. The number of aromatic nitrogens is 1. The van der Waals surface area contributed by atoms with E-state index in [1.165, 1.54) is 11.3 Å². The average molecular weight is 243 g/mol. The number of hydrogen-bond donors (Lipinski definition) is 2. The van der Waals surface area contributed by atoms with Crippen LogP contribution in [0.5, 0.6) is 0 Å². The van der Waals surface area contributed by atoms with Gasteiger partial charge in [-0.25, -0.2) is 4.98 Å². The minimum absolute atomic E-state index is 0.00797. The first-order chi connectivity index (χ1) is 7.45. The van der Waals surface area contributed by atoms with Crippen molar-refractivity contribution in [2.75, 3.05) is 25.5 Å². The molecule has 0 spiro atoms. The molecule has 90 valence electrons. The van der Waals surface area contributed by atoms with Crippen molar-refractivity contribution in [1.82, 2.24) is 9.88 Å². The summed E-state index contributed by atoms with van der Waals surface area (Å²) in [6, 6.07) is 0. The topological polar surface area (TPSA) is 65.5 Å². The van der Waals surface area contributed by atoms with Crippen LogP contribution in [-0.4, -0.2) is 46.6 Å². The summed E-state index contributed by atoms with van der Waals surface area (Å²) in [4.78, 5) is 17.4. The fourth-order valence-corrected chi connectivity index (χ4v) is 1.54. The molecule has 1 heterocycles. The molecule has 0 aliphatic carbocycles. The summed E-state index contributed by atoms with van der Waals surface area (Å²) in [5, 5.41) is 14.2. The third-order valence-corrected chi connectivity index (χ3v) is 3.17. The molecule has 6 heteroatoms. The first-order valence-electron chi connectivity index (χ1n) is 4.97. The van der Waals surface area contributed by atoms with Gasteiger partial charge in [0, 0.05) is 17.1 Å². The molecule has 16 heavy (non-hydrogen) atoms. The van der Waals surface area contributed by atoms with Gasteiger partial charge in [-0.3, -0.25) is 9.69 Å². The van der Waals surface area contributed by atoms with E-state index in [4.69, 9.17) is 5.11 Å². The van der Waals surface area contributed by atoms with Crippen LogP contribution in [0.15, 0.2) is 11.6 Å². The van der Waals surface area contributed by atoms with Crippen LogP contribution in [0.2, 0.25) is 0 Å². The molecule has 0 radical (unpaired) electrons. The van der Waals surface area contributed by atoms with Crippen LogP contribution in [0.4, 0.5) is 5.13 Å². The Morgan fingerprint density at radius 3 is 2.88 bits per heavy atom. The summed E-state index contributed by atoms with van der Waals surface area (Å²) in [6.07, 6.45) is 1.64. The van der Waals surface area contributed by atoms with Gasteiger partial charge in [0.15, 0.2) is 5.13 Å². The maximum atomic E-state index is 11.6. The van der Waals surface area contributed by atoms with Crippen molar-refractivity contribution in [2.45, 2.75) is 19.4 Å². The molecule has 1 rings (SSSR count). The van der Waals surface area contributed by atoms with Crippen LogP contribution in [0.1, 0.15) is 13.8 Å². The zero-order valence-corrected chi connectivity index (χ0v) is 10.5. The number of rotatable bonds is 5.